The van der Waals surface area contributed by atoms with Gasteiger partial charge in [-0.2, -0.15) is 13.2 Å². The molecule has 0 fully saturated rings. The minimum absolute atomic E-state index is 0.149. The molecule has 160 valence electrons. The number of hydrogen-bond acceptors (Lipinski definition) is 5. The molecule has 30 heavy (non-hydrogen) atoms. The molecule has 0 saturated carbocycles. The van der Waals surface area contributed by atoms with Gasteiger partial charge in [0.1, 0.15) is 28.8 Å². The van der Waals surface area contributed by atoms with Crippen LogP contribution < -0.4 is 11.1 Å². The molecule has 0 aliphatic rings. The summed E-state index contributed by atoms with van der Waals surface area (Å²) < 4.78 is 66.5. The van der Waals surface area contributed by atoms with Crippen molar-refractivity contribution in [2.24, 2.45) is 5.73 Å². The van der Waals surface area contributed by atoms with E-state index in [2.05, 4.69) is 11.6 Å². The number of hydrogen-bond donors (Lipinski definition) is 4. The zero-order valence-corrected chi connectivity index (χ0v) is 15.4. The summed E-state index contributed by atoms with van der Waals surface area (Å²) in [4.78, 5) is 16.0. The topological polar surface area (TPSA) is 108 Å². The van der Waals surface area contributed by atoms with Crippen LogP contribution in [0, 0.1) is 11.6 Å². The van der Waals surface area contributed by atoms with Gasteiger partial charge >= 0.3 is 6.18 Å². The number of aromatic hydroxyl groups is 1. The third-order valence-electron chi connectivity index (χ3n) is 3.91. The lowest BCUT2D eigenvalue weighted by atomic mass is 10.0. The molecule has 1 heterocycles. The third kappa shape index (κ3) is 4.74. The van der Waals surface area contributed by atoms with Crippen molar-refractivity contribution < 1.29 is 37.0 Å². The summed E-state index contributed by atoms with van der Waals surface area (Å²) in [6.07, 6.45) is -4.96. The first kappa shape index (κ1) is 22.8. The number of amides is 1. The monoisotopic (exact) mass is 429 g/mol. The van der Waals surface area contributed by atoms with Gasteiger partial charge in [-0.3, -0.25) is 4.79 Å². The maximum absolute atomic E-state index is 14.5. The number of nitrogens with zero attached hydrogens (tertiary/aromatic N) is 1. The molecule has 0 saturated heterocycles. The molecule has 11 heteroatoms. The molecular weight excluding hydrogens is 413 g/mol. The Kier molecular flexibility index (Phi) is 6.46. The predicted molar refractivity (Wildman–Crippen MR) is 96.7 cm³/mol. The average molecular weight is 429 g/mol. The summed E-state index contributed by atoms with van der Waals surface area (Å²) in [6, 6.07) is 3.37. The third-order valence-corrected chi connectivity index (χ3v) is 3.91. The number of aliphatic hydroxyl groups is 1. The van der Waals surface area contributed by atoms with E-state index in [1.807, 2.05) is 5.32 Å². The second kappa shape index (κ2) is 8.49. The highest BCUT2D eigenvalue weighted by atomic mass is 19.4. The minimum atomic E-state index is -4.96. The largest absolute Gasteiger partial charge is 0.507 e. The Labute approximate surface area is 167 Å². The number of phenolic OH excluding ortho intramolecular Hbond substituents is 1. The standard InChI is InChI=1S/C19H16F5N3O3/c1-8(2)16(17(25)19(22,23)24)27-18(30)10-5-12(21)9(6-15(10)29)13-4-3-11(20)14(7-28)26-13/h3-6,28-29H,1,7,25H2,2H3,(H,27,30)/b17-16+. The van der Waals surface area contributed by atoms with E-state index in [9.17, 15) is 31.9 Å². The number of nitrogens with one attached hydrogen (secondary N) is 1. The summed E-state index contributed by atoms with van der Waals surface area (Å²) in [7, 11) is 0. The van der Waals surface area contributed by atoms with Crippen molar-refractivity contribution in [2.45, 2.75) is 19.7 Å². The Morgan fingerprint density at radius 3 is 2.40 bits per heavy atom. The van der Waals surface area contributed by atoms with Gasteiger partial charge in [-0.05, 0) is 36.8 Å². The maximum Gasteiger partial charge on any atom is 0.432 e. The highest BCUT2D eigenvalue weighted by Crippen LogP contribution is 2.30. The number of pyridine rings is 1. The van der Waals surface area contributed by atoms with Gasteiger partial charge in [-0.1, -0.05) is 6.58 Å². The number of nitrogens with two attached hydrogens (primary N) is 1. The number of aromatic nitrogens is 1. The zero-order valence-electron chi connectivity index (χ0n) is 15.4. The highest BCUT2D eigenvalue weighted by molar-refractivity contribution is 5.99. The van der Waals surface area contributed by atoms with E-state index in [4.69, 9.17) is 10.8 Å². The van der Waals surface area contributed by atoms with E-state index in [1.54, 1.807) is 0 Å². The van der Waals surface area contributed by atoms with Crippen LogP contribution in [0.25, 0.3) is 11.3 Å². The van der Waals surface area contributed by atoms with Crippen molar-refractivity contribution in [3.8, 4) is 17.0 Å². The number of phenols is 1. The summed E-state index contributed by atoms with van der Waals surface area (Å²) in [5.74, 6) is -3.97. The first-order valence-corrected chi connectivity index (χ1v) is 8.20. The number of halogens is 5. The molecule has 1 aromatic heterocycles. The van der Waals surface area contributed by atoms with Gasteiger partial charge in [0.2, 0.25) is 0 Å². The van der Waals surface area contributed by atoms with Crippen LogP contribution in [0.15, 0.2) is 47.8 Å². The second-order valence-corrected chi connectivity index (χ2v) is 6.15. The van der Waals surface area contributed by atoms with Crippen molar-refractivity contribution in [1.29, 1.82) is 0 Å². The number of aliphatic hydroxyl groups excluding tert-OH is 1. The fourth-order valence-corrected chi connectivity index (χ4v) is 2.41. The van der Waals surface area contributed by atoms with E-state index in [1.165, 1.54) is 0 Å². The van der Waals surface area contributed by atoms with Crippen LogP contribution in [-0.4, -0.2) is 27.3 Å². The van der Waals surface area contributed by atoms with E-state index in [-0.39, 0.29) is 22.5 Å². The fourth-order valence-electron chi connectivity index (χ4n) is 2.41. The van der Waals surface area contributed by atoms with Crippen LogP contribution in [0.2, 0.25) is 0 Å². The van der Waals surface area contributed by atoms with Crippen molar-refractivity contribution in [3.63, 3.8) is 0 Å². The highest BCUT2D eigenvalue weighted by Gasteiger charge is 2.35. The van der Waals surface area contributed by atoms with Crippen molar-refractivity contribution >= 4 is 5.91 Å². The average Bonchev–Trinajstić information content (AvgIpc) is 2.66. The Morgan fingerprint density at radius 2 is 1.87 bits per heavy atom. The first-order chi connectivity index (χ1) is 13.9. The number of benzene rings is 1. The van der Waals surface area contributed by atoms with Crippen LogP contribution in [0.4, 0.5) is 22.0 Å². The van der Waals surface area contributed by atoms with E-state index < -0.39 is 53.0 Å². The van der Waals surface area contributed by atoms with Gasteiger partial charge in [0, 0.05) is 5.56 Å². The Bertz CT molecular complexity index is 1050. The van der Waals surface area contributed by atoms with Gasteiger partial charge in [0.15, 0.2) is 0 Å². The molecule has 0 unspecified atom stereocenters. The van der Waals surface area contributed by atoms with Crippen molar-refractivity contribution in [1.82, 2.24) is 10.3 Å². The van der Waals surface area contributed by atoms with Gasteiger partial charge in [0.05, 0.1) is 23.6 Å². The Morgan fingerprint density at radius 1 is 1.23 bits per heavy atom. The van der Waals surface area contributed by atoms with Crippen molar-refractivity contribution in [3.05, 3.63) is 70.7 Å². The SMILES string of the molecule is C=C(C)/C(NC(=O)c1cc(F)c(-c2ccc(F)c(CO)n2)cc1O)=C(\N)C(F)(F)F. The molecule has 0 radical (unpaired) electrons. The molecule has 2 aromatic rings. The van der Waals surface area contributed by atoms with Gasteiger partial charge in [-0.25, -0.2) is 13.8 Å². The van der Waals surface area contributed by atoms with Crippen molar-refractivity contribution in [2.75, 3.05) is 0 Å². The number of alkyl halides is 3. The maximum atomic E-state index is 14.5. The molecule has 0 bridgehead atoms. The molecule has 6 nitrogen and oxygen atoms in total. The number of carbonyl (C=O) groups excluding carboxylic acids is 1. The summed E-state index contributed by atoms with van der Waals surface area (Å²) in [5.41, 5.74) is 0.812. The molecule has 0 aliphatic carbocycles. The van der Waals surface area contributed by atoms with E-state index in [0.29, 0.717) is 6.07 Å². The van der Waals surface area contributed by atoms with Crippen LogP contribution in [0.5, 0.6) is 5.75 Å². The number of rotatable bonds is 5. The van der Waals surface area contributed by atoms with Crippen LogP contribution in [0.3, 0.4) is 0 Å². The first-order valence-electron chi connectivity index (χ1n) is 8.20. The van der Waals surface area contributed by atoms with Crippen LogP contribution in [0.1, 0.15) is 23.0 Å². The molecular formula is C19H16F5N3O3. The molecule has 0 aliphatic heterocycles. The lowest BCUT2D eigenvalue weighted by molar-refractivity contribution is -0.0936. The lowest BCUT2D eigenvalue weighted by Gasteiger charge is -2.16. The summed E-state index contributed by atoms with van der Waals surface area (Å²) in [5, 5.41) is 21.0. The molecule has 2 rings (SSSR count). The minimum Gasteiger partial charge on any atom is -0.507 e. The molecule has 0 spiro atoms. The number of allylic oxidation sites excluding steroid dienone is 2. The summed E-state index contributed by atoms with van der Waals surface area (Å²) in [6.45, 7) is 3.71. The van der Waals surface area contributed by atoms with E-state index in [0.717, 1.165) is 25.1 Å². The number of carbonyl (C=O) groups is 1. The van der Waals surface area contributed by atoms with Crippen LogP contribution in [-0.2, 0) is 6.61 Å². The Hall–Kier alpha value is -3.47. The molecule has 1 amide bonds. The molecule has 5 N–H and O–H groups in total. The van der Waals surface area contributed by atoms with Gasteiger partial charge in [-0.15, -0.1) is 0 Å². The zero-order chi connectivity index (χ0) is 22.8. The predicted octanol–water partition coefficient (Wildman–Crippen LogP) is 3.26. The normalized spacial score (nSPS) is 12.4. The van der Waals surface area contributed by atoms with Crippen LogP contribution >= 0.6 is 0 Å². The van der Waals surface area contributed by atoms with E-state index >= 15 is 0 Å². The Balaban J connectivity index is 2.46. The smallest absolute Gasteiger partial charge is 0.432 e. The molecule has 1 aromatic carbocycles. The lowest BCUT2D eigenvalue weighted by Crippen LogP contribution is -2.31. The van der Waals surface area contributed by atoms with Gasteiger partial charge < -0.3 is 21.3 Å². The fraction of sp³-hybridized carbons (Fsp3) is 0.158. The summed E-state index contributed by atoms with van der Waals surface area (Å²) >= 11 is 0. The second-order valence-electron chi connectivity index (χ2n) is 6.15. The quantitative estimate of drug-likeness (QED) is 0.431. The molecule has 0 atom stereocenters. The van der Waals surface area contributed by atoms with Gasteiger partial charge in [0.25, 0.3) is 5.91 Å².